The van der Waals surface area contributed by atoms with Crippen LogP contribution in [0, 0.1) is 0 Å². The Bertz CT molecular complexity index is 1550. The van der Waals surface area contributed by atoms with E-state index in [1.54, 1.807) is 18.2 Å². The molecule has 0 N–H and O–H groups in total. The summed E-state index contributed by atoms with van der Waals surface area (Å²) in [4.78, 5) is 0.438. The number of alkyl halides is 3. The van der Waals surface area contributed by atoms with Crippen LogP contribution in [-0.2, 0) is 20.1 Å². The first kappa shape index (κ1) is 28.1. The minimum absolute atomic E-state index is 0.273. The molecule has 0 aliphatic rings. The quantitative estimate of drug-likeness (QED) is 0.205. The van der Waals surface area contributed by atoms with Crippen LogP contribution in [0.1, 0.15) is 52.7 Å². The SMILES string of the molecule is CC(C)(C)c1cc2cc(Br)ccc2c(-c2c(S(=O)Br)c(C(C)(C)C)cc3ccccc23)c1OC(F)(F)F. The van der Waals surface area contributed by atoms with Crippen molar-refractivity contribution in [2.75, 3.05) is 0 Å². The maximum atomic E-state index is 14.0. The van der Waals surface area contributed by atoms with Gasteiger partial charge in [-0.25, -0.2) is 4.21 Å². The minimum atomic E-state index is -4.93. The molecule has 0 spiro atoms. The normalized spacial score (nSPS) is 13.8. The van der Waals surface area contributed by atoms with E-state index in [9.17, 15) is 17.4 Å². The van der Waals surface area contributed by atoms with E-state index < -0.39 is 26.4 Å². The van der Waals surface area contributed by atoms with Gasteiger partial charge < -0.3 is 4.74 Å². The summed E-state index contributed by atoms with van der Waals surface area (Å²) >= 11 is 6.78. The van der Waals surface area contributed by atoms with Crippen LogP contribution >= 0.6 is 30.7 Å². The van der Waals surface area contributed by atoms with E-state index in [1.807, 2.05) is 77.9 Å². The van der Waals surface area contributed by atoms with Crippen molar-refractivity contribution in [3.05, 3.63) is 70.2 Å². The monoisotopic (exact) mass is 654 g/mol. The van der Waals surface area contributed by atoms with E-state index in [1.165, 1.54) is 0 Å². The molecule has 1 atom stereocenters. The van der Waals surface area contributed by atoms with Gasteiger partial charge in [-0.15, -0.1) is 13.2 Å². The molecule has 196 valence electrons. The van der Waals surface area contributed by atoms with Crippen molar-refractivity contribution in [2.45, 2.75) is 63.6 Å². The molecule has 4 aromatic carbocycles. The van der Waals surface area contributed by atoms with E-state index in [0.29, 0.717) is 26.8 Å². The van der Waals surface area contributed by atoms with Crippen LogP contribution in [-0.4, -0.2) is 10.6 Å². The molecular formula is C29H27Br2F3O2S. The highest BCUT2D eigenvalue weighted by Crippen LogP contribution is 2.51. The van der Waals surface area contributed by atoms with Crippen molar-refractivity contribution in [3.8, 4) is 16.9 Å². The lowest BCUT2D eigenvalue weighted by molar-refractivity contribution is -0.274. The van der Waals surface area contributed by atoms with Crippen molar-refractivity contribution >= 4 is 61.5 Å². The molecular weight excluding hydrogens is 629 g/mol. The largest absolute Gasteiger partial charge is 0.573 e. The molecule has 0 radical (unpaired) electrons. The van der Waals surface area contributed by atoms with E-state index >= 15 is 0 Å². The molecule has 2 nitrogen and oxygen atoms in total. The smallest absolute Gasteiger partial charge is 0.405 e. The van der Waals surface area contributed by atoms with Gasteiger partial charge >= 0.3 is 6.36 Å². The van der Waals surface area contributed by atoms with Crippen LogP contribution in [0.4, 0.5) is 13.2 Å². The predicted molar refractivity (Wildman–Crippen MR) is 154 cm³/mol. The van der Waals surface area contributed by atoms with Crippen LogP contribution in [0.25, 0.3) is 32.7 Å². The van der Waals surface area contributed by atoms with Gasteiger partial charge in [0.1, 0.15) is 15.0 Å². The summed E-state index contributed by atoms with van der Waals surface area (Å²) in [6.45, 7) is 11.6. The fourth-order valence-electron chi connectivity index (χ4n) is 4.69. The van der Waals surface area contributed by atoms with Crippen molar-refractivity contribution in [1.29, 1.82) is 0 Å². The Morgan fingerprint density at radius 3 is 1.89 bits per heavy atom. The first-order valence-corrected chi connectivity index (χ1v) is 15.4. The molecule has 0 heterocycles. The average molecular weight is 656 g/mol. The Morgan fingerprint density at radius 2 is 1.32 bits per heavy atom. The van der Waals surface area contributed by atoms with Gasteiger partial charge in [-0.2, -0.15) is 0 Å². The highest BCUT2D eigenvalue weighted by atomic mass is 79.9. The van der Waals surface area contributed by atoms with E-state index in [4.69, 9.17) is 4.74 Å². The van der Waals surface area contributed by atoms with Gasteiger partial charge in [0.15, 0.2) is 0 Å². The first-order valence-electron chi connectivity index (χ1n) is 11.7. The Balaban J connectivity index is 2.39. The minimum Gasteiger partial charge on any atom is -0.405 e. The Kier molecular flexibility index (Phi) is 7.36. The number of halogens is 5. The molecule has 4 rings (SSSR count). The third-order valence-electron chi connectivity index (χ3n) is 6.30. The Hall–Kier alpha value is -1.90. The summed E-state index contributed by atoms with van der Waals surface area (Å²) in [7, 11) is -1.70. The lowest BCUT2D eigenvalue weighted by atomic mass is 9.79. The molecule has 37 heavy (non-hydrogen) atoms. The third-order valence-corrected chi connectivity index (χ3v) is 8.51. The van der Waals surface area contributed by atoms with Gasteiger partial charge in [0.05, 0.1) is 4.90 Å². The maximum Gasteiger partial charge on any atom is 0.573 e. The van der Waals surface area contributed by atoms with Crippen molar-refractivity contribution in [3.63, 3.8) is 0 Å². The summed E-state index contributed by atoms with van der Waals surface area (Å²) in [5, 5.41) is 2.86. The molecule has 0 aliphatic carbocycles. The maximum absolute atomic E-state index is 14.0. The molecule has 0 aromatic heterocycles. The van der Waals surface area contributed by atoms with Crippen molar-refractivity contribution in [2.24, 2.45) is 0 Å². The number of benzene rings is 4. The number of hydrogen-bond donors (Lipinski definition) is 0. The number of hydrogen-bond acceptors (Lipinski definition) is 2. The van der Waals surface area contributed by atoms with E-state index in [2.05, 4.69) is 30.7 Å². The number of fused-ring (bicyclic) bond motifs is 2. The molecule has 1 unspecified atom stereocenters. The fraction of sp³-hybridized carbons (Fsp3) is 0.310. The van der Waals surface area contributed by atoms with Gasteiger partial charge in [0.25, 0.3) is 0 Å². The van der Waals surface area contributed by atoms with Crippen LogP contribution in [0.5, 0.6) is 5.75 Å². The molecule has 0 fully saturated rings. The van der Waals surface area contributed by atoms with Crippen LogP contribution in [0.2, 0.25) is 0 Å². The third kappa shape index (κ3) is 5.62. The summed E-state index contributed by atoms with van der Waals surface area (Å²) in [6.07, 6.45) is -4.93. The highest BCUT2D eigenvalue weighted by molar-refractivity contribution is 9.46. The molecule has 0 aliphatic heterocycles. The zero-order valence-electron chi connectivity index (χ0n) is 21.3. The van der Waals surface area contributed by atoms with Gasteiger partial charge in [-0.3, -0.25) is 0 Å². The van der Waals surface area contributed by atoms with Gasteiger partial charge in [0.2, 0.25) is 0 Å². The number of rotatable bonds is 3. The predicted octanol–water partition coefficient (Wildman–Crippen LogP) is 10.3. The van der Waals surface area contributed by atoms with Crippen molar-refractivity contribution in [1.82, 2.24) is 0 Å². The standard InChI is InChI=1S/C29H27Br2F3O2S/c1-27(2,3)21-15-17-13-18(30)11-12-20(17)23(25(21)36-29(32,33)34)24-19-10-8-7-9-16(19)14-22(28(4,5)6)26(24)37(31)35/h7-15H,1-6H3. The second-order valence-electron chi connectivity index (χ2n) is 11.1. The highest BCUT2D eigenvalue weighted by Gasteiger charge is 2.38. The van der Waals surface area contributed by atoms with Crippen LogP contribution < -0.4 is 4.74 Å². The zero-order valence-corrected chi connectivity index (χ0v) is 25.3. The molecule has 0 amide bonds. The second-order valence-corrected chi connectivity index (χ2v) is 14.6. The first-order chi connectivity index (χ1) is 17.0. The Labute approximate surface area is 233 Å². The van der Waals surface area contributed by atoms with Gasteiger partial charge in [-0.1, -0.05) is 87.8 Å². The Morgan fingerprint density at radius 1 is 0.757 bits per heavy atom. The van der Waals surface area contributed by atoms with E-state index in [-0.39, 0.29) is 11.3 Å². The summed E-state index contributed by atoms with van der Waals surface area (Å²) in [6, 6.07) is 16.7. The van der Waals surface area contributed by atoms with E-state index in [0.717, 1.165) is 20.8 Å². The fourth-order valence-corrected chi connectivity index (χ4v) is 6.98. The van der Waals surface area contributed by atoms with Crippen LogP contribution in [0.15, 0.2) is 64.0 Å². The lowest BCUT2D eigenvalue weighted by Gasteiger charge is -2.30. The lowest BCUT2D eigenvalue weighted by Crippen LogP contribution is -2.22. The zero-order chi connectivity index (χ0) is 27.5. The summed E-state index contributed by atoms with van der Waals surface area (Å²) < 4.78 is 61.1. The van der Waals surface area contributed by atoms with Crippen LogP contribution in [0.3, 0.4) is 0 Å². The molecule has 0 saturated heterocycles. The molecule has 0 saturated carbocycles. The van der Waals surface area contributed by atoms with Crippen molar-refractivity contribution < 1.29 is 22.1 Å². The number of ether oxygens (including phenoxy) is 1. The van der Waals surface area contributed by atoms with Gasteiger partial charge in [-0.05, 0) is 62.2 Å². The topological polar surface area (TPSA) is 26.3 Å². The molecule has 4 aromatic rings. The second kappa shape index (κ2) is 9.69. The summed E-state index contributed by atoms with van der Waals surface area (Å²) in [5.74, 6) is -0.273. The average Bonchev–Trinajstić information content (AvgIpc) is 2.75. The molecule has 8 heteroatoms. The molecule has 0 bridgehead atoms. The summed E-state index contributed by atoms with van der Waals surface area (Å²) in [5.41, 5.74) is 0.802. The van der Waals surface area contributed by atoms with Gasteiger partial charge in [0, 0.05) is 36.0 Å².